The van der Waals surface area contributed by atoms with Gasteiger partial charge in [-0.3, -0.25) is 4.79 Å². The van der Waals surface area contributed by atoms with E-state index in [-0.39, 0.29) is 11.3 Å². The molecule has 96 valence electrons. The number of halogens is 1. The van der Waals surface area contributed by atoms with Crippen LogP contribution in [0.1, 0.15) is 15.9 Å². The van der Waals surface area contributed by atoms with E-state index in [9.17, 15) is 9.90 Å². The van der Waals surface area contributed by atoms with Crippen molar-refractivity contribution >= 4 is 23.7 Å². The molecule has 0 aliphatic heterocycles. The van der Waals surface area contributed by atoms with E-state index in [1.54, 1.807) is 30.3 Å². The Labute approximate surface area is 115 Å². The molecule has 0 heterocycles. The molecule has 0 saturated carbocycles. The van der Waals surface area contributed by atoms with E-state index in [1.807, 2.05) is 6.07 Å². The van der Waals surface area contributed by atoms with Crippen LogP contribution in [0.25, 0.3) is 0 Å². The molecule has 0 atom stereocenters. The number of hydrazone groups is 1. The van der Waals surface area contributed by atoms with Crippen molar-refractivity contribution in [2.24, 2.45) is 5.10 Å². The van der Waals surface area contributed by atoms with Crippen molar-refractivity contribution in [3.05, 3.63) is 64.7 Å². The van der Waals surface area contributed by atoms with Crippen LogP contribution in [0.2, 0.25) is 5.02 Å². The van der Waals surface area contributed by atoms with Crippen LogP contribution in [0, 0.1) is 0 Å². The second-order valence-corrected chi connectivity index (χ2v) is 4.21. The first-order valence-corrected chi connectivity index (χ1v) is 5.91. The molecule has 0 aliphatic carbocycles. The molecule has 2 aromatic rings. The summed E-state index contributed by atoms with van der Waals surface area (Å²) in [4.78, 5) is 11.7. The second-order valence-electron chi connectivity index (χ2n) is 3.77. The molecule has 0 spiro atoms. The third-order valence-electron chi connectivity index (χ3n) is 2.38. The van der Waals surface area contributed by atoms with Gasteiger partial charge in [-0.1, -0.05) is 35.9 Å². The molecule has 0 fully saturated rings. The fraction of sp³-hybridized carbons (Fsp3) is 0. The first kappa shape index (κ1) is 13.1. The maximum atomic E-state index is 11.7. The molecular weight excluding hydrogens is 264 g/mol. The number of rotatable bonds is 3. The topological polar surface area (TPSA) is 61.7 Å². The molecule has 0 unspecified atom stereocenters. The number of para-hydroxylation sites is 1. The Morgan fingerprint density at radius 2 is 2.00 bits per heavy atom. The lowest BCUT2D eigenvalue weighted by molar-refractivity contribution is 0.0952. The van der Waals surface area contributed by atoms with E-state index in [2.05, 4.69) is 10.5 Å². The van der Waals surface area contributed by atoms with Crippen LogP contribution in [0.3, 0.4) is 0 Å². The summed E-state index contributed by atoms with van der Waals surface area (Å²) in [5.74, 6) is -0.561. The number of nitrogens with zero attached hydrogens (tertiary/aromatic N) is 1. The van der Waals surface area contributed by atoms with E-state index < -0.39 is 5.91 Å². The van der Waals surface area contributed by atoms with Crippen LogP contribution in [0.5, 0.6) is 5.75 Å². The lowest BCUT2D eigenvalue weighted by Gasteiger charge is -2.01. The fourth-order valence-electron chi connectivity index (χ4n) is 1.48. The largest absolute Gasteiger partial charge is 0.507 e. The lowest BCUT2D eigenvalue weighted by Crippen LogP contribution is -2.17. The van der Waals surface area contributed by atoms with Crippen LogP contribution < -0.4 is 5.43 Å². The fourth-order valence-corrected chi connectivity index (χ4v) is 1.68. The zero-order valence-electron chi connectivity index (χ0n) is 9.88. The molecule has 19 heavy (non-hydrogen) atoms. The average molecular weight is 275 g/mol. The van der Waals surface area contributed by atoms with Gasteiger partial charge in [-0.05, 0) is 29.8 Å². The summed E-state index contributed by atoms with van der Waals surface area (Å²) < 4.78 is 0. The zero-order valence-corrected chi connectivity index (χ0v) is 10.6. The highest BCUT2D eigenvalue weighted by Gasteiger charge is 2.08. The Hall–Kier alpha value is -2.33. The van der Waals surface area contributed by atoms with Crippen molar-refractivity contribution in [3.63, 3.8) is 0 Å². The van der Waals surface area contributed by atoms with Crippen LogP contribution >= 0.6 is 11.6 Å². The molecule has 0 saturated heterocycles. The highest BCUT2D eigenvalue weighted by molar-refractivity contribution is 6.30. The number of carbonyl (C=O) groups excluding carboxylic acids is 1. The van der Waals surface area contributed by atoms with Crippen molar-refractivity contribution in [3.8, 4) is 5.75 Å². The van der Waals surface area contributed by atoms with E-state index >= 15 is 0 Å². The monoisotopic (exact) mass is 274 g/mol. The zero-order chi connectivity index (χ0) is 13.7. The van der Waals surface area contributed by atoms with Crippen molar-refractivity contribution in [1.29, 1.82) is 0 Å². The molecule has 0 bridgehead atoms. The average Bonchev–Trinajstić information content (AvgIpc) is 2.39. The first-order valence-electron chi connectivity index (χ1n) is 5.54. The Morgan fingerprint density at radius 3 is 2.74 bits per heavy atom. The van der Waals surface area contributed by atoms with Gasteiger partial charge in [0.25, 0.3) is 5.91 Å². The normalized spacial score (nSPS) is 10.6. The van der Waals surface area contributed by atoms with Crippen LogP contribution in [-0.4, -0.2) is 17.2 Å². The minimum Gasteiger partial charge on any atom is -0.507 e. The maximum Gasteiger partial charge on any atom is 0.275 e. The molecule has 4 nitrogen and oxygen atoms in total. The van der Waals surface area contributed by atoms with Crippen molar-refractivity contribution < 1.29 is 9.90 Å². The van der Waals surface area contributed by atoms with Gasteiger partial charge in [0.15, 0.2) is 0 Å². The molecule has 2 aromatic carbocycles. The van der Waals surface area contributed by atoms with E-state index in [0.29, 0.717) is 5.02 Å². The Morgan fingerprint density at radius 1 is 1.21 bits per heavy atom. The summed E-state index contributed by atoms with van der Waals surface area (Å²) in [6, 6.07) is 13.3. The van der Waals surface area contributed by atoms with Gasteiger partial charge in [0.05, 0.1) is 11.8 Å². The van der Waals surface area contributed by atoms with Gasteiger partial charge in [-0.2, -0.15) is 5.10 Å². The van der Waals surface area contributed by atoms with Crippen LogP contribution in [-0.2, 0) is 0 Å². The molecule has 1 amide bonds. The number of aromatic hydroxyl groups is 1. The molecular formula is C14H11ClN2O2. The minimum atomic E-state index is -0.476. The van der Waals surface area contributed by atoms with Crippen LogP contribution in [0.15, 0.2) is 53.6 Å². The second kappa shape index (κ2) is 6.02. The third kappa shape index (κ3) is 3.56. The van der Waals surface area contributed by atoms with Crippen LogP contribution in [0.4, 0.5) is 0 Å². The van der Waals surface area contributed by atoms with Crippen molar-refractivity contribution in [1.82, 2.24) is 5.43 Å². The SMILES string of the molecule is O=C(N/N=C\c1cccc(Cl)c1)c1ccccc1O. The highest BCUT2D eigenvalue weighted by Crippen LogP contribution is 2.15. The number of phenolic OH excluding ortho intramolecular Hbond substituents is 1. The summed E-state index contributed by atoms with van der Waals surface area (Å²) in [5.41, 5.74) is 3.28. The van der Waals surface area contributed by atoms with Gasteiger partial charge in [0.1, 0.15) is 5.75 Å². The summed E-state index contributed by atoms with van der Waals surface area (Å²) in [6.45, 7) is 0. The Bertz CT molecular complexity index is 626. The minimum absolute atomic E-state index is 0.0852. The molecule has 5 heteroatoms. The van der Waals surface area contributed by atoms with E-state index in [0.717, 1.165) is 5.56 Å². The summed E-state index contributed by atoms with van der Waals surface area (Å²) in [7, 11) is 0. The molecule has 0 radical (unpaired) electrons. The molecule has 0 aromatic heterocycles. The summed E-state index contributed by atoms with van der Waals surface area (Å²) in [6.07, 6.45) is 1.48. The number of amides is 1. The molecule has 2 N–H and O–H groups in total. The van der Waals surface area contributed by atoms with Gasteiger partial charge in [-0.25, -0.2) is 5.43 Å². The first-order chi connectivity index (χ1) is 9.16. The Kier molecular flexibility index (Phi) is 4.15. The van der Waals surface area contributed by atoms with Gasteiger partial charge in [0.2, 0.25) is 0 Å². The quantitative estimate of drug-likeness (QED) is 0.668. The van der Waals surface area contributed by atoms with E-state index in [4.69, 9.17) is 11.6 Å². The van der Waals surface area contributed by atoms with Crippen molar-refractivity contribution in [2.75, 3.05) is 0 Å². The smallest absolute Gasteiger partial charge is 0.275 e. The number of carbonyl (C=O) groups is 1. The molecule has 2 rings (SSSR count). The maximum absolute atomic E-state index is 11.7. The van der Waals surface area contributed by atoms with Gasteiger partial charge < -0.3 is 5.11 Å². The van der Waals surface area contributed by atoms with Gasteiger partial charge in [-0.15, -0.1) is 0 Å². The number of benzene rings is 2. The number of phenols is 1. The summed E-state index contributed by atoms with van der Waals surface area (Å²) in [5, 5.41) is 13.9. The lowest BCUT2D eigenvalue weighted by atomic mass is 10.2. The Balaban J connectivity index is 2.03. The predicted octanol–water partition coefficient (Wildman–Crippen LogP) is 2.81. The van der Waals surface area contributed by atoms with Gasteiger partial charge >= 0.3 is 0 Å². The molecule has 0 aliphatic rings. The highest BCUT2D eigenvalue weighted by atomic mass is 35.5. The number of hydrogen-bond acceptors (Lipinski definition) is 3. The third-order valence-corrected chi connectivity index (χ3v) is 2.61. The van der Waals surface area contributed by atoms with E-state index in [1.165, 1.54) is 18.3 Å². The number of nitrogens with one attached hydrogen (secondary N) is 1. The number of hydrogen-bond donors (Lipinski definition) is 2. The standard InChI is InChI=1S/C14H11ClN2O2/c15-11-5-3-4-10(8-11)9-16-17-14(19)12-6-1-2-7-13(12)18/h1-9,18H,(H,17,19)/b16-9-. The predicted molar refractivity (Wildman–Crippen MR) is 74.6 cm³/mol. The summed E-state index contributed by atoms with van der Waals surface area (Å²) >= 11 is 5.82. The van der Waals surface area contributed by atoms with Gasteiger partial charge in [0, 0.05) is 5.02 Å². The van der Waals surface area contributed by atoms with Crippen molar-refractivity contribution in [2.45, 2.75) is 0 Å².